The molecule has 0 unspecified atom stereocenters. The molecule has 98 valence electrons. The Hall–Kier alpha value is -1.69. The van der Waals surface area contributed by atoms with E-state index in [0.29, 0.717) is 29.9 Å². The van der Waals surface area contributed by atoms with Crippen LogP contribution >= 0.6 is 0 Å². The first-order valence-electron chi connectivity index (χ1n) is 5.95. The molecule has 1 heterocycles. The van der Waals surface area contributed by atoms with E-state index in [1.54, 1.807) is 18.2 Å². The predicted molar refractivity (Wildman–Crippen MR) is 67.6 cm³/mol. The first-order valence-corrected chi connectivity index (χ1v) is 5.95. The van der Waals surface area contributed by atoms with E-state index in [1.807, 2.05) is 14.1 Å². The summed E-state index contributed by atoms with van der Waals surface area (Å²) in [6.45, 7) is 0.302. The van der Waals surface area contributed by atoms with Crippen molar-refractivity contribution < 1.29 is 9.53 Å². The lowest BCUT2D eigenvalue weighted by molar-refractivity contribution is 0.0944. The Balaban J connectivity index is 2.23. The zero-order valence-corrected chi connectivity index (χ0v) is 10.9. The zero-order chi connectivity index (χ0) is 13.1. The van der Waals surface area contributed by atoms with Gasteiger partial charge in [0.25, 0.3) is 5.91 Å². The van der Waals surface area contributed by atoms with Crippen molar-refractivity contribution in [2.24, 2.45) is 0 Å². The highest BCUT2D eigenvalue weighted by molar-refractivity contribution is 5.95. The van der Waals surface area contributed by atoms with Crippen LogP contribution in [0.2, 0.25) is 0 Å². The first kappa shape index (κ1) is 12.8. The molecule has 1 aliphatic carbocycles. The lowest BCUT2D eigenvalue weighted by Gasteiger charge is -2.13. The molecular formula is C12H18N4O2. The summed E-state index contributed by atoms with van der Waals surface area (Å²) in [7, 11) is 5.30. The Morgan fingerprint density at radius 1 is 1.56 bits per heavy atom. The van der Waals surface area contributed by atoms with Crippen molar-refractivity contribution in [2.45, 2.75) is 25.5 Å². The van der Waals surface area contributed by atoms with Gasteiger partial charge < -0.3 is 15.0 Å². The molecule has 1 saturated carbocycles. The number of methoxy groups -OCH3 is 1. The number of nitrogens with one attached hydrogen (secondary N) is 1. The van der Waals surface area contributed by atoms with E-state index in [-0.39, 0.29) is 5.91 Å². The van der Waals surface area contributed by atoms with Gasteiger partial charge in [0.15, 0.2) is 0 Å². The molecule has 2 rings (SSSR count). The van der Waals surface area contributed by atoms with E-state index in [2.05, 4.69) is 15.3 Å². The molecule has 6 nitrogen and oxygen atoms in total. The molecule has 1 aromatic heterocycles. The number of rotatable bonds is 5. The maximum absolute atomic E-state index is 12.0. The second-order valence-corrected chi connectivity index (χ2v) is 4.61. The fourth-order valence-electron chi connectivity index (χ4n) is 1.55. The highest BCUT2D eigenvalue weighted by Crippen LogP contribution is 2.20. The van der Waals surface area contributed by atoms with E-state index >= 15 is 0 Å². The van der Waals surface area contributed by atoms with E-state index in [1.165, 1.54) is 0 Å². The largest absolute Gasteiger partial charge is 0.378 e. The Kier molecular flexibility index (Phi) is 3.76. The molecular weight excluding hydrogens is 232 g/mol. The average molecular weight is 250 g/mol. The second kappa shape index (κ2) is 5.30. The molecule has 1 aliphatic rings. The van der Waals surface area contributed by atoms with Crippen LogP contribution in [0.3, 0.4) is 0 Å². The average Bonchev–Trinajstić information content (AvgIpc) is 3.13. The fourth-order valence-corrected chi connectivity index (χ4v) is 1.55. The van der Waals surface area contributed by atoms with Crippen LogP contribution in [-0.2, 0) is 11.3 Å². The molecule has 0 radical (unpaired) electrons. The summed E-state index contributed by atoms with van der Waals surface area (Å²) in [5.74, 6) is 0.458. The predicted octanol–water partition coefficient (Wildman–Crippen LogP) is 0.581. The number of carbonyl (C=O) groups is 1. The van der Waals surface area contributed by atoms with Crippen molar-refractivity contribution in [3.05, 3.63) is 17.5 Å². The molecule has 18 heavy (non-hydrogen) atoms. The molecule has 1 aromatic rings. The number of aromatic nitrogens is 2. The van der Waals surface area contributed by atoms with Crippen LogP contribution in [0, 0.1) is 0 Å². The number of hydrogen-bond donors (Lipinski definition) is 1. The van der Waals surface area contributed by atoms with E-state index < -0.39 is 0 Å². The molecule has 0 aromatic carbocycles. The molecule has 1 N–H and O–H groups in total. The minimum atomic E-state index is -0.116. The molecule has 0 spiro atoms. The monoisotopic (exact) mass is 250 g/mol. The first-order chi connectivity index (χ1) is 8.61. The van der Waals surface area contributed by atoms with Gasteiger partial charge in [0.2, 0.25) is 5.95 Å². The van der Waals surface area contributed by atoms with Gasteiger partial charge in [-0.3, -0.25) is 4.79 Å². The number of anilines is 1. The quantitative estimate of drug-likeness (QED) is 0.828. The standard InChI is InChI=1S/C12H18N4O2/c1-16(2)12-13-6-9(10(15-12)7-18-3)11(17)14-8-4-5-8/h6,8H,4-5,7H2,1-3H3,(H,14,17). The van der Waals surface area contributed by atoms with Crippen molar-refractivity contribution in [2.75, 3.05) is 26.1 Å². The van der Waals surface area contributed by atoms with Crippen molar-refractivity contribution in [1.82, 2.24) is 15.3 Å². The van der Waals surface area contributed by atoms with Crippen molar-refractivity contribution >= 4 is 11.9 Å². The Labute approximate surface area is 106 Å². The molecule has 1 fully saturated rings. The molecule has 0 atom stereocenters. The van der Waals surface area contributed by atoms with Gasteiger partial charge >= 0.3 is 0 Å². The number of nitrogens with zero attached hydrogens (tertiary/aromatic N) is 3. The summed E-state index contributed by atoms with van der Waals surface area (Å²) in [4.78, 5) is 22.3. The van der Waals surface area contributed by atoms with Gasteiger partial charge in [0, 0.05) is 33.4 Å². The van der Waals surface area contributed by atoms with Gasteiger partial charge in [-0.15, -0.1) is 0 Å². The van der Waals surface area contributed by atoms with Crippen LogP contribution in [0.4, 0.5) is 5.95 Å². The van der Waals surface area contributed by atoms with E-state index in [0.717, 1.165) is 12.8 Å². The summed E-state index contributed by atoms with van der Waals surface area (Å²) in [5.41, 5.74) is 1.11. The van der Waals surface area contributed by atoms with Gasteiger partial charge in [-0.05, 0) is 12.8 Å². The highest BCUT2D eigenvalue weighted by Gasteiger charge is 2.25. The zero-order valence-electron chi connectivity index (χ0n) is 10.9. The lowest BCUT2D eigenvalue weighted by atomic mass is 10.2. The van der Waals surface area contributed by atoms with Crippen molar-refractivity contribution in [3.8, 4) is 0 Å². The topological polar surface area (TPSA) is 67.3 Å². The van der Waals surface area contributed by atoms with E-state index in [9.17, 15) is 4.79 Å². The number of carbonyl (C=O) groups excluding carboxylic acids is 1. The van der Waals surface area contributed by atoms with Gasteiger partial charge in [-0.25, -0.2) is 9.97 Å². The van der Waals surface area contributed by atoms with Crippen molar-refractivity contribution in [1.29, 1.82) is 0 Å². The number of amides is 1. The summed E-state index contributed by atoms with van der Waals surface area (Å²) < 4.78 is 5.09. The molecule has 0 saturated heterocycles. The third-order valence-electron chi connectivity index (χ3n) is 2.69. The summed E-state index contributed by atoms with van der Waals surface area (Å²) >= 11 is 0. The SMILES string of the molecule is COCc1nc(N(C)C)ncc1C(=O)NC1CC1. The molecule has 1 amide bonds. The van der Waals surface area contributed by atoms with Gasteiger partial charge in [-0.1, -0.05) is 0 Å². The third kappa shape index (κ3) is 2.95. The second-order valence-electron chi connectivity index (χ2n) is 4.61. The summed E-state index contributed by atoms with van der Waals surface area (Å²) in [5, 5.41) is 2.93. The molecule has 0 aliphatic heterocycles. The minimum Gasteiger partial charge on any atom is -0.378 e. The van der Waals surface area contributed by atoms with Crippen LogP contribution in [0.5, 0.6) is 0 Å². The summed E-state index contributed by atoms with van der Waals surface area (Å²) in [6.07, 6.45) is 3.68. The summed E-state index contributed by atoms with van der Waals surface area (Å²) in [6, 6.07) is 0.321. The Morgan fingerprint density at radius 2 is 2.28 bits per heavy atom. The maximum Gasteiger partial charge on any atom is 0.255 e. The van der Waals surface area contributed by atoms with Crippen LogP contribution in [-0.4, -0.2) is 43.1 Å². The highest BCUT2D eigenvalue weighted by atomic mass is 16.5. The minimum absolute atomic E-state index is 0.116. The van der Waals surface area contributed by atoms with Gasteiger partial charge in [0.1, 0.15) is 0 Å². The van der Waals surface area contributed by atoms with Crippen LogP contribution in [0.1, 0.15) is 28.9 Å². The molecule has 6 heteroatoms. The fraction of sp³-hybridized carbons (Fsp3) is 0.583. The Bertz CT molecular complexity index is 444. The van der Waals surface area contributed by atoms with Gasteiger partial charge in [0.05, 0.1) is 17.9 Å². The smallest absolute Gasteiger partial charge is 0.255 e. The lowest BCUT2D eigenvalue weighted by Crippen LogP contribution is -2.27. The van der Waals surface area contributed by atoms with Crippen molar-refractivity contribution in [3.63, 3.8) is 0 Å². The van der Waals surface area contributed by atoms with Gasteiger partial charge in [-0.2, -0.15) is 0 Å². The number of hydrogen-bond acceptors (Lipinski definition) is 5. The van der Waals surface area contributed by atoms with Crippen LogP contribution < -0.4 is 10.2 Å². The maximum atomic E-state index is 12.0. The number of ether oxygens (including phenoxy) is 1. The normalized spacial score (nSPS) is 14.4. The third-order valence-corrected chi connectivity index (χ3v) is 2.69. The van der Waals surface area contributed by atoms with E-state index in [4.69, 9.17) is 4.74 Å². The van der Waals surface area contributed by atoms with Crippen LogP contribution in [0.15, 0.2) is 6.20 Å². The van der Waals surface area contributed by atoms with Crippen LogP contribution in [0.25, 0.3) is 0 Å². The molecule has 0 bridgehead atoms. The Morgan fingerprint density at radius 3 is 2.83 bits per heavy atom.